The largest absolute Gasteiger partial charge is 0.481 e. The Morgan fingerprint density at radius 2 is 2.03 bits per heavy atom. The number of carboxylic acids is 1. The maximum absolute atomic E-state index is 10.5. The van der Waals surface area contributed by atoms with Crippen LogP contribution in [0.5, 0.6) is 0 Å². The van der Waals surface area contributed by atoms with Crippen LogP contribution in [0.25, 0.3) is 22.6 Å². The van der Waals surface area contributed by atoms with Crippen molar-refractivity contribution < 1.29 is 9.90 Å². The summed E-state index contributed by atoms with van der Waals surface area (Å²) in [5, 5.41) is 12.0. The first-order chi connectivity index (χ1) is 14.1. The number of para-hydroxylation sites is 2. The molecule has 2 aromatic heterocycles. The number of fused-ring (bicyclic) bond motifs is 1. The number of carboxylic acid groups (broad SMARTS) is 1. The van der Waals surface area contributed by atoms with Crippen molar-refractivity contribution >= 4 is 40.7 Å². The third-order valence-electron chi connectivity index (χ3n) is 4.60. The lowest BCUT2D eigenvalue weighted by Gasteiger charge is -2.11. The highest BCUT2D eigenvalue weighted by molar-refractivity contribution is 7.99. The molecule has 2 N–H and O–H groups in total. The third-order valence-corrected chi connectivity index (χ3v) is 6.49. The van der Waals surface area contributed by atoms with Gasteiger partial charge in [0.2, 0.25) is 0 Å². The van der Waals surface area contributed by atoms with Gasteiger partial charge in [-0.3, -0.25) is 13.8 Å². The van der Waals surface area contributed by atoms with Crippen molar-refractivity contribution in [3.63, 3.8) is 0 Å². The molecule has 0 aliphatic carbocycles. The van der Waals surface area contributed by atoms with E-state index in [0.717, 1.165) is 59.8 Å². The van der Waals surface area contributed by atoms with Gasteiger partial charge in [0.05, 0.1) is 11.0 Å². The van der Waals surface area contributed by atoms with Crippen LogP contribution in [-0.4, -0.2) is 50.1 Å². The van der Waals surface area contributed by atoms with Crippen LogP contribution in [0.4, 0.5) is 0 Å². The first kappa shape index (κ1) is 21.7. The summed E-state index contributed by atoms with van der Waals surface area (Å²) >= 11 is 3.44. The molecule has 0 aliphatic rings. The number of benzene rings is 1. The van der Waals surface area contributed by atoms with Crippen LogP contribution in [0.3, 0.4) is 0 Å². The lowest BCUT2D eigenvalue weighted by molar-refractivity contribution is -0.137. The predicted molar refractivity (Wildman–Crippen MR) is 122 cm³/mol. The summed E-state index contributed by atoms with van der Waals surface area (Å²) in [6.07, 6.45) is 5.76. The molecular weight excluding hydrogens is 404 g/mol. The van der Waals surface area contributed by atoms with Gasteiger partial charge in [-0.1, -0.05) is 12.1 Å². The Labute approximate surface area is 179 Å². The van der Waals surface area contributed by atoms with Gasteiger partial charge >= 0.3 is 5.97 Å². The zero-order valence-corrected chi connectivity index (χ0v) is 18.4. The summed E-state index contributed by atoms with van der Waals surface area (Å²) in [6.45, 7) is 3.85. The van der Waals surface area contributed by atoms with Gasteiger partial charge in [0.15, 0.2) is 5.82 Å². The fourth-order valence-corrected chi connectivity index (χ4v) is 4.71. The van der Waals surface area contributed by atoms with Gasteiger partial charge in [-0.05, 0) is 62.0 Å². The number of aromatic nitrogens is 3. The molecule has 8 heteroatoms. The molecule has 29 heavy (non-hydrogen) atoms. The number of unbranched alkanes of at least 4 members (excludes halogenated alkanes) is 1. The van der Waals surface area contributed by atoms with E-state index >= 15 is 0 Å². The van der Waals surface area contributed by atoms with Crippen LogP contribution < -0.4 is 5.32 Å². The van der Waals surface area contributed by atoms with Gasteiger partial charge in [0, 0.05) is 36.1 Å². The SMILES string of the molecule is CSn1c(-c2nccc(SCCNCCCCC(=O)O)c2C)nc2ccccc21. The summed E-state index contributed by atoms with van der Waals surface area (Å²) in [4.78, 5) is 21.2. The molecule has 0 saturated carbocycles. The molecule has 0 bridgehead atoms. The molecule has 6 nitrogen and oxygen atoms in total. The number of pyridine rings is 1. The molecule has 0 fully saturated rings. The number of aliphatic carboxylic acids is 1. The molecule has 3 aromatic rings. The fraction of sp³-hybridized carbons (Fsp3) is 0.381. The Balaban J connectivity index is 1.63. The van der Waals surface area contributed by atoms with E-state index in [0.29, 0.717) is 0 Å². The first-order valence-electron chi connectivity index (χ1n) is 9.65. The highest BCUT2D eigenvalue weighted by Gasteiger charge is 2.16. The molecular formula is C21H26N4O2S2. The van der Waals surface area contributed by atoms with Crippen LogP contribution in [0, 0.1) is 6.92 Å². The Kier molecular flexibility index (Phi) is 7.97. The number of rotatable bonds is 11. The Hall–Kier alpha value is -2.03. The van der Waals surface area contributed by atoms with Crippen molar-refractivity contribution in [1.82, 2.24) is 19.3 Å². The van der Waals surface area contributed by atoms with Crippen molar-refractivity contribution in [1.29, 1.82) is 0 Å². The summed E-state index contributed by atoms with van der Waals surface area (Å²) in [5.74, 6) is 1.11. The van der Waals surface area contributed by atoms with Crippen LogP contribution in [0.2, 0.25) is 0 Å². The summed E-state index contributed by atoms with van der Waals surface area (Å²) < 4.78 is 2.14. The van der Waals surface area contributed by atoms with Crippen molar-refractivity contribution in [3.05, 3.63) is 42.1 Å². The quantitative estimate of drug-likeness (QED) is 0.343. The average Bonchev–Trinajstić information content (AvgIpc) is 3.09. The van der Waals surface area contributed by atoms with Gasteiger partial charge in [0.25, 0.3) is 0 Å². The van der Waals surface area contributed by atoms with E-state index < -0.39 is 5.97 Å². The number of hydrogen-bond acceptors (Lipinski definition) is 6. The number of imidazole rings is 1. The Morgan fingerprint density at radius 1 is 1.21 bits per heavy atom. The van der Waals surface area contributed by atoms with E-state index in [2.05, 4.69) is 33.3 Å². The van der Waals surface area contributed by atoms with Gasteiger partial charge in [-0.2, -0.15) is 0 Å². The standard InChI is InChI=1S/C21H26N4O2S2/c1-15-18(29-14-13-22-11-6-5-9-19(26)27)10-12-23-20(15)21-24-16-7-3-4-8-17(16)25(21)28-2/h3-4,7-8,10,12,22H,5-6,9,11,13-14H2,1-2H3,(H,26,27). The maximum Gasteiger partial charge on any atom is 0.303 e. The van der Waals surface area contributed by atoms with Gasteiger partial charge < -0.3 is 10.4 Å². The number of hydrogen-bond donors (Lipinski definition) is 2. The van der Waals surface area contributed by atoms with Crippen molar-refractivity contribution in [2.75, 3.05) is 25.1 Å². The molecule has 0 aliphatic heterocycles. The van der Waals surface area contributed by atoms with E-state index in [-0.39, 0.29) is 6.42 Å². The molecule has 0 unspecified atom stereocenters. The average molecular weight is 431 g/mol. The first-order valence-corrected chi connectivity index (χ1v) is 11.8. The van der Waals surface area contributed by atoms with E-state index in [1.165, 1.54) is 4.90 Å². The second kappa shape index (κ2) is 10.7. The van der Waals surface area contributed by atoms with Crippen molar-refractivity contribution in [3.8, 4) is 11.5 Å². The fourth-order valence-electron chi connectivity index (χ4n) is 3.12. The number of thioether (sulfide) groups is 1. The molecule has 2 heterocycles. The minimum Gasteiger partial charge on any atom is -0.481 e. The number of carbonyl (C=O) groups is 1. The molecule has 3 rings (SSSR count). The summed E-state index contributed by atoms with van der Waals surface area (Å²) in [7, 11) is 0. The molecule has 0 atom stereocenters. The van der Waals surface area contributed by atoms with Gasteiger partial charge in [-0.25, -0.2) is 4.98 Å². The predicted octanol–water partition coefficient (Wildman–Crippen LogP) is 4.47. The zero-order chi connectivity index (χ0) is 20.6. The molecule has 1 aromatic carbocycles. The third kappa shape index (κ3) is 5.52. The van der Waals surface area contributed by atoms with Crippen LogP contribution in [-0.2, 0) is 4.79 Å². The smallest absolute Gasteiger partial charge is 0.303 e. The van der Waals surface area contributed by atoms with E-state index in [1.807, 2.05) is 30.7 Å². The second-order valence-electron chi connectivity index (χ2n) is 6.63. The molecule has 0 saturated heterocycles. The minimum atomic E-state index is -0.723. The van der Waals surface area contributed by atoms with E-state index in [1.54, 1.807) is 23.7 Å². The van der Waals surface area contributed by atoms with Gasteiger partial charge in [0.1, 0.15) is 5.69 Å². The van der Waals surface area contributed by atoms with Crippen molar-refractivity contribution in [2.45, 2.75) is 31.1 Å². The second-order valence-corrected chi connectivity index (χ2v) is 8.50. The van der Waals surface area contributed by atoms with Crippen molar-refractivity contribution in [2.24, 2.45) is 0 Å². The lowest BCUT2D eigenvalue weighted by Crippen LogP contribution is -2.18. The normalized spacial score (nSPS) is 11.2. The van der Waals surface area contributed by atoms with Crippen LogP contribution in [0.1, 0.15) is 24.8 Å². The van der Waals surface area contributed by atoms with Crippen LogP contribution in [0.15, 0.2) is 41.4 Å². The minimum absolute atomic E-state index is 0.246. The summed E-state index contributed by atoms with van der Waals surface area (Å²) in [6, 6.07) is 10.2. The number of nitrogens with zero attached hydrogens (tertiary/aromatic N) is 3. The van der Waals surface area contributed by atoms with Gasteiger partial charge in [-0.15, -0.1) is 11.8 Å². The topological polar surface area (TPSA) is 80.0 Å². The highest BCUT2D eigenvalue weighted by Crippen LogP contribution is 2.32. The molecule has 154 valence electrons. The summed E-state index contributed by atoms with van der Waals surface area (Å²) in [5.41, 5.74) is 4.14. The van der Waals surface area contributed by atoms with Crippen LogP contribution >= 0.6 is 23.7 Å². The van der Waals surface area contributed by atoms with E-state index in [4.69, 9.17) is 10.1 Å². The maximum atomic E-state index is 10.5. The molecule has 0 spiro atoms. The zero-order valence-electron chi connectivity index (χ0n) is 16.7. The molecule has 0 amide bonds. The van der Waals surface area contributed by atoms with E-state index in [9.17, 15) is 4.79 Å². The Morgan fingerprint density at radius 3 is 2.83 bits per heavy atom. The lowest BCUT2D eigenvalue weighted by atomic mass is 10.2. The Bertz CT molecular complexity index is 974. The molecule has 0 radical (unpaired) electrons. The monoisotopic (exact) mass is 430 g/mol. The highest BCUT2D eigenvalue weighted by atomic mass is 32.2. The number of nitrogens with one attached hydrogen (secondary N) is 1.